The van der Waals surface area contributed by atoms with Crippen LogP contribution in [0.5, 0.6) is 0 Å². The molecule has 1 aromatic heterocycles. The Balaban J connectivity index is 1.94. The van der Waals surface area contributed by atoms with E-state index in [4.69, 9.17) is 4.42 Å². The number of benzene rings is 1. The first-order valence-electron chi connectivity index (χ1n) is 6.85. The third-order valence-electron chi connectivity index (χ3n) is 3.74. The maximum absolute atomic E-state index is 5.89. The molecule has 1 saturated heterocycles. The molecular formula is C15H20N2O. The molecule has 0 saturated carbocycles. The lowest BCUT2D eigenvalue weighted by atomic mass is 10.00. The van der Waals surface area contributed by atoms with Gasteiger partial charge in [0.15, 0.2) is 11.5 Å². The predicted molar refractivity (Wildman–Crippen MR) is 72.9 cm³/mol. The topological polar surface area (TPSA) is 38.1 Å². The number of rotatable bonds is 2. The summed E-state index contributed by atoms with van der Waals surface area (Å²) < 4.78 is 5.89. The molecule has 1 N–H and O–H groups in total. The average Bonchev–Trinajstić information content (AvgIpc) is 2.82. The zero-order valence-corrected chi connectivity index (χ0v) is 11.1. The number of piperidine rings is 1. The highest BCUT2D eigenvalue weighted by molar-refractivity contribution is 5.73. The molecule has 0 bridgehead atoms. The molecule has 96 valence electrons. The van der Waals surface area contributed by atoms with Crippen molar-refractivity contribution in [3.05, 3.63) is 29.7 Å². The normalized spacial score (nSPS) is 20.7. The van der Waals surface area contributed by atoms with Gasteiger partial charge in [-0.1, -0.05) is 19.9 Å². The first kappa shape index (κ1) is 11.7. The van der Waals surface area contributed by atoms with Crippen LogP contribution in [-0.4, -0.2) is 18.1 Å². The van der Waals surface area contributed by atoms with E-state index in [-0.39, 0.29) is 0 Å². The lowest BCUT2D eigenvalue weighted by Gasteiger charge is -2.19. The van der Waals surface area contributed by atoms with Crippen molar-refractivity contribution in [2.45, 2.75) is 38.5 Å². The molecule has 3 heteroatoms. The highest BCUT2D eigenvalue weighted by Crippen LogP contribution is 2.28. The van der Waals surface area contributed by atoms with Crippen LogP contribution < -0.4 is 5.32 Å². The number of fused-ring (bicyclic) bond motifs is 1. The van der Waals surface area contributed by atoms with Gasteiger partial charge >= 0.3 is 0 Å². The van der Waals surface area contributed by atoms with E-state index in [0.29, 0.717) is 11.8 Å². The predicted octanol–water partition coefficient (Wildman–Crippen LogP) is 3.42. The highest BCUT2D eigenvalue weighted by atomic mass is 16.3. The van der Waals surface area contributed by atoms with Crippen LogP contribution in [0.2, 0.25) is 0 Å². The number of hydrogen-bond donors (Lipinski definition) is 1. The summed E-state index contributed by atoms with van der Waals surface area (Å²) in [6.45, 7) is 6.51. The molecule has 0 amide bonds. The van der Waals surface area contributed by atoms with Crippen molar-refractivity contribution in [3.63, 3.8) is 0 Å². The second-order valence-corrected chi connectivity index (χ2v) is 5.48. The van der Waals surface area contributed by atoms with Gasteiger partial charge in [0.1, 0.15) is 5.52 Å². The van der Waals surface area contributed by atoms with Gasteiger partial charge in [0, 0.05) is 12.5 Å². The van der Waals surface area contributed by atoms with E-state index in [2.05, 4.69) is 42.3 Å². The smallest absolute Gasteiger partial charge is 0.199 e. The summed E-state index contributed by atoms with van der Waals surface area (Å²) in [7, 11) is 0. The van der Waals surface area contributed by atoms with Crippen LogP contribution in [0.1, 0.15) is 50.0 Å². The molecular weight excluding hydrogens is 224 g/mol. The molecule has 2 aromatic rings. The molecule has 0 aliphatic carbocycles. The van der Waals surface area contributed by atoms with Crippen LogP contribution in [0.15, 0.2) is 22.6 Å². The molecule has 1 aliphatic heterocycles. The van der Waals surface area contributed by atoms with E-state index >= 15 is 0 Å². The first-order valence-corrected chi connectivity index (χ1v) is 6.85. The Morgan fingerprint density at radius 3 is 3.00 bits per heavy atom. The maximum atomic E-state index is 5.89. The summed E-state index contributed by atoms with van der Waals surface area (Å²) in [5, 5.41) is 3.41. The third kappa shape index (κ3) is 2.15. The van der Waals surface area contributed by atoms with Crippen molar-refractivity contribution >= 4 is 11.1 Å². The molecule has 1 unspecified atom stereocenters. The Hall–Kier alpha value is -1.35. The minimum absolute atomic E-state index is 0.439. The standard InChI is InChI=1S/C15H20N2O/c1-10(2)11-5-6-14-13(8-11)17-15(18-14)12-4-3-7-16-9-12/h5-6,8,10,12,16H,3-4,7,9H2,1-2H3. The van der Waals surface area contributed by atoms with Crippen LogP contribution in [-0.2, 0) is 0 Å². The molecule has 1 fully saturated rings. The molecule has 18 heavy (non-hydrogen) atoms. The summed E-state index contributed by atoms with van der Waals surface area (Å²) in [4.78, 5) is 4.67. The fourth-order valence-corrected chi connectivity index (χ4v) is 2.56. The Morgan fingerprint density at radius 2 is 2.28 bits per heavy atom. The fraction of sp³-hybridized carbons (Fsp3) is 0.533. The largest absolute Gasteiger partial charge is 0.440 e. The Labute approximate surface area is 108 Å². The van der Waals surface area contributed by atoms with Crippen LogP contribution >= 0.6 is 0 Å². The maximum Gasteiger partial charge on any atom is 0.199 e. The van der Waals surface area contributed by atoms with Crippen molar-refractivity contribution in [2.75, 3.05) is 13.1 Å². The monoisotopic (exact) mass is 244 g/mol. The fourth-order valence-electron chi connectivity index (χ4n) is 2.56. The van der Waals surface area contributed by atoms with Gasteiger partial charge in [-0.05, 0) is 43.0 Å². The second-order valence-electron chi connectivity index (χ2n) is 5.48. The van der Waals surface area contributed by atoms with Gasteiger partial charge in [0.25, 0.3) is 0 Å². The van der Waals surface area contributed by atoms with E-state index in [1.54, 1.807) is 0 Å². The number of hydrogen-bond acceptors (Lipinski definition) is 3. The molecule has 3 nitrogen and oxygen atoms in total. The quantitative estimate of drug-likeness (QED) is 0.879. The minimum atomic E-state index is 0.439. The van der Waals surface area contributed by atoms with Crippen molar-refractivity contribution in [1.82, 2.24) is 10.3 Å². The SMILES string of the molecule is CC(C)c1ccc2oc(C3CCCNC3)nc2c1. The number of nitrogens with zero attached hydrogens (tertiary/aromatic N) is 1. The zero-order chi connectivity index (χ0) is 12.5. The first-order chi connectivity index (χ1) is 8.74. The molecule has 2 heterocycles. The molecule has 0 radical (unpaired) electrons. The van der Waals surface area contributed by atoms with Crippen molar-refractivity contribution in [1.29, 1.82) is 0 Å². The van der Waals surface area contributed by atoms with Gasteiger partial charge in [-0.25, -0.2) is 4.98 Å². The summed E-state index contributed by atoms with van der Waals surface area (Å²) in [6.07, 6.45) is 2.39. The Bertz CT molecular complexity index is 538. The lowest BCUT2D eigenvalue weighted by Crippen LogP contribution is -2.28. The van der Waals surface area contributed by atoms with Gasteiger partial charge in [-0.3, -0.25) is 0 Å². The Kier molecular flexibility index (Phi) is 3.08. The van der Waals surface area contributed by atoms with Crippen LogP contribution in [0.4, 0.5) is 0 Å². The van der Waals surface area contributed by atoms with Gasteiger partial charge in [0.05, 0.1) is 0 Å². The summed E-state index contributed by atoms with van der Waals surface area (Å²) in [6, 6.07) is 6.35. The van der Waals surface area contributed by atoms with Crippen molar-refractivity contribution in [2.24, 2.45) is 0 Å². The van der Waals surface area contributed by atoms with Gasteiger partial charge in [-0.2, -0.15) is 0 Å². The van der Waals surface area contributed by atoms with Crippen LogP contribution in [0.3, 0.4) is 0 Å². The number of aromatic nitrogens is 1. The van der Waals surface area contributed by atoms with E-state index < -0.39 is 0 Å². The number of nitrogens with one attached hydrogen (secondary N) is 1. The van der Waals surface area contributed by atoms with Crippen molar-refractivity contribution < 1.29 is 4.42 Å². The van der Waals surface area contributed by atoms with Crippen LogP contribution in [0, 0.1) is 0 Å². The third-order valence-corrected chi connectivity index (χ3v) is 3.74. The molecule has 1 aliphatic rings. The molecule has 1 atom stereocenters. The molecule has 1 aromatic carbocycles. The lowest BCUT2D eigenvalue weighted by molar-refractivity contribution is 0.387. The second kappa shape index (κ2) is 4.73. The van der Waals surface area contributed by atoms with Crippen LogP contribution in [0.25, 0.3) is 11.1 Å². The summed E-state index contributed by atoms with van der Waals surface area (Å²) in [5.74, 6) is 1.87. The molecule has 0 spiro atoms. The van der Waals surface area contributed by atoms with E-state index in [1.807, 2.05) is 0 Å². The van der Waals surface area contributed by atoms with Crippen molar-refractivity contribution in [3.8, 4) is 0 Å². The molecule has 3 rings (SSSR count). The van der Waals surface area contributed by atoms with E-state index in [1.165, 1.54) is 18.4 Å². The number of oxazole rings is 1. The van der Waals surface area contributed by atoms with Gasteiger partial charge in [-0.15, -0.1) is 0 Å². The zero-order valence-electron chi connectivity index (χ0n) is 11.1. The van der Waals surface area contributed by atoms with Gasteiger partial charge in [0.2, 0.25) is 0 Å². The van der Waals surface area contributed by atoms with Gasteiger partial charge < -0.3 is 9.73 Å². The Morgan fingerprint density at radius 1 is 1.39 bits per heavy atom. The summed E-state index contributed by atoms with van der Waals surface area (Å²) >= 11 is 0. The minimum Gasteiger partial charge on any atom is -0.440 e. The van der Waals surface area contributed by atoms with E-state index in [0.717, 1.165) is 30.1 Å². The summed E-state index contributed by atoms with van der Waals surface area (Å²) in [5.41, 5.74) is 3.24. The highest BCUT2D eigenvalue weighted by Gasteiger charge is 2.20. The average molecular weight is 244 g/mol. The van der Waals surface area contributed by atoms with E-state index in [9.17, 15) is 0 Å².